The number of rotatable bonds is 4. The van der Waals surface area contributed by atoms with E-state index >= 15 is 0 Å². The molecule has 0 aromatic heterocycles. The second-order valence-electron chi connectivity index (χ2n) is 6.31. The monoisotopic (exact) mass is 354 g/mol. The van der Waals surface area contributed by atoms with Gasteiger partial charge < -0.3 is 50.0 Å². The Morgan fingerprint density at radius 2 is 1.50 bits per heavy atom. The molecule has 4 unspecified atom stereocenters. The molecule has 2 saturated heterocycles. The molecule has 7 N–H and O–H groups in total. The van der Waals surface area contributed by atoms with Gasteiger partial charge in [0.25, 0.3) is 0 Å². The van der Waals surface area contributed by atoms with Crippen molar-refractivity contribution in [3.8, 4) is 0 Å². The Balaban J connectivity index is 1.99. The van der Waals surface area contributed by atoms with Crippen LogP contribution in [0.25, 0.3) is 0 Å². The van der Waals surface area contributed by atoms with Gasteiger partial charge in [0, 0.05) is 0 Å². The minimum atomic E-state index is -2.78. The molecule has 0 aromatic rings. The first-order valence-electron chi connectivity index (χ1n) is 7.88. The summed E-state index contributed by atoms with van der Waals surface area (Å²) >= 11 is 0. The maximum absolute atomic E-state index is 9.91. The number of ether oxygens (including phenoxy) is 3. The molecule has 0 radical (unpaired) electrons. The van der Waals surface area contributed by atoms with Crippen LogP contribution in [0.4, 0.5) is 0 Å². The second-order valence-corrected chi connectivity index (χ2v) is 6.31. The van der Waals surface area contributed by atoms with Gasteiger partial charge in [-0.1, -0.05) is 6.92 Å². The Kier molecular flexibility index (Phi) is 6.19. The zero-order valence-corrected chi connectivity index (χ0v) is 13.5. The van der Waals surface area contributed by atoms with E-state index in [2.05, 4.69) is 0 Å². The summed E-state index contributed by atoms with van der Waals surface area (Å²) in [7, 11) is 0. The summed E-state index contributed by atoms with van der Waals surface area (Å²) < 4.78 is 15.9. The van der Waals surface area contributed by atoms with Gasteiger partial charge in [0.05, 0.1) is 18.8 Å². The minimum absolute atomic E-state index is 0.368. The van der Waals surface area contributed by atoms with Crippen LogP contribution in [0.15, 0.2) is 0 Å². The fourth-order valence-corrected chi connectivity index (χ4v) is 2.93. The highest BCUT2D eigenvalue weighted by molar-refractivity contribution is 4.96. The van der Waals surface area contributed by atoms with Gasteiger partial charge in [-0.05, 0) is 13.3 Å². The highest BCUT2D eigenvalue weighted by Crippen LogP contribution is 2.29. The van der Waals surface area contributed by atoms with Crippen LogP contribution in [0.3, 0.4) is 0 Å². The van der Waals surface area contributed by atoms with Crippen molar-refractivity contribution in [2.24, 2.45) is 0 Å². The number of hydrogen-bond acceptors (Lipinski definition) is 10. The number of aliphatic hydroxyl groups is 7. The molecule has 2 fully saturated rings. The average molecular weight is 354 g/mol. The van der Waals surface area contributed by atoms with E-state index in [0.717, 1.165) is 0 Å². The van der Waals surface area contributed by atoms with Crippen LogP contribution in [0.5, 0.6) is 0 Å². The molecule has 9 atom stereocenters. The third-order valence-electron chi connectivity index (χ3n) is 4.55. The maximum atomic E-state index is 9.91. The number of aliphatic hydroxyl groups excluding tert-OH is 5. The lowest BCUT2D eigenvalue weighted by molar-refractivity contribution is -0.359. The second kappa shape index (κ2) is 7.46. The highest BCUT2D eigenvalue weighted by Gasteiger charge is 2.53. The number of hydrogen-bond donors (Lipinski definition) is 7. The van der Waals surface area contributed by atoms with Crippen LogP contribution in [-0.4, -0.2) is 103 Å². The fraction of sp³-hybridized carbons (Fsp3) is 1.00. The topological polar surface area (TPSA) is 169 Å². The molecular weight excluding hydrogens is 328 g/mol. The molecule has 2 aliphatic heterocycles. The Labute approximate surface area is 138 Å². The van der Waals surface area contributed by atoms with Gasteiger partial charge in [-0.3, -0.25) is 0 Å². The Bertz CT molecular complexity index is 416. The smallest absolute Gasteiger partial charge is 0.221 e. The predicted octanol–water partition coefficient (Wildman–Crippen LogP) is -3.59. The largest absolute Gasteiger partial charge is 0.388 e. The van der Waals surface area contributed by atoms with Crippen molar-refractivity contribution in [1.82, 2.24) is 0 Å². The molecule has 2 aliphatic rings. The van der Waals surface area contributed by atoms with Crippen molar-refractivity contribution >= 4 is 0 Å². The SMILES string of the molecule is CCC1O[C@@H](OCC2O[C@@H](C)C(O)C(O)(O)[C@H]2O)C(O)[C@@H](O)[C@H]1O. The zero-order valence-electron chi connectivity index (χ0n) is 13.5. The van der Waals surface area contributed by atoms with E-state index in [9.17, 15) is 35.7 Å². The van der Waals surface area contributed by atoms with E-state index in [-0.39, 0.29) is 0 Å². The molecule has 0 bridgehead atoms. The molecule has 0 saturated carbocycles. The van der Waals surface area contributed by atoms with Crippen molar-refractivity contribution < 1.29 is 50.0 Å². The van der Waals surface area contributed by atoms with Crippen molar-refractivity contribution in [2.75, 3.05) is 6.61 Å². The quantitative estimate of drug-likeness (QED) is 0.250. The molecule has 2 rings (SSSR count). The molecule has 2 heterocycles. The van der Waals surface area contributed by atoms with E-state index < -0.39 is 67.5 Å². The van der Waals surface area contributed by atoms with Gasteiger partial charge in [0.1, 0.15) is 36.6 Å². The lowest BCUT2D eigenvalue weighted by Gasteiger charge is -2.45. The summed E-state index contributed by atoms with van der Waals surface area (Å²) in [6, 6.07) is 0. The van der Waals surface area contributed by atoms with Crippen LogP contribution in [-0.2, 0) is 14.2 Å². The summed E-state index contributed by atoms with van der Waals surface area (Å²) in [6.07, 6.45) is -11.7. The van der Waals surface area contributed by atoms with Crippen molar-refractivity contribution in [3.63, 3.8) is 0 Å². The van der Waals surface area contributed by atoms with Crippen molar-refractivity contribution in [1.29, 1.82) is 0 Å². The minimum Gasteiger partial charge on any atom is -0.388 e. The molecule has 10 heteroatoms. The van der Waals surface area contributed by atoms with Crippen molar-refractivity contribution in [3.05, 3.63) is 0 Å². The standard InChI is InChI=1S/C14H26O10/c1-3-6-8(15)9(16)10(17)13(24-6)22-4-7-12(19)14(20,21)11(18)5(2)23-7/h5-13,15-21H,3-4H2,1-2H3/t5-,6?,7?,8-,9-,10?,11?,12-,13+/m0/s1. The maximum Gasteiger partial charge on any atom is 0.221 e. The van der Waals surface area contributed by atoms with E-state index in [0.29, 0.717) is 6.42 Å². The lowest BCUT2D eigenvalue weighted by atomic mass is 9.92. The molecule has 0 aromatic carbocycles. The molecular formula is C14H26O10. The third-order valence-corrected chi connectivity index (χ3v) is 4.55. The average Bonchev–Trinajstić information content (AvgIpc) is 2.55. The van der Waals surface area contributed by atoms with Crippen LogP contribution in [0.2, 0.25) is 0 Å². The fourth-order valence-electron chi connectivity index (χ4n) is 2.93. The molecule has 10 nitrogen and oxygen atoms in total. The van der Waals surface area contributed by atoms with Crippen LogP contribution >= 0.6 is 0 Å². The lowest BCUT2D eigenvalue weighted by Crippen LogP contribution is -2.67. The van der Waals surface area contributed by atoms with Crippen LogP contribution < -0.4 is 0 Å². The van der Waals surface area contributed by atoms with E-state index in [4.69, 9.17) is 14.2 Å². The normalized spacial score (nSPS) is 49.1. The third kappa shape index (κ3) is 3.58. The van der Waals surface area contributed by atoms with Gasteiger partial charge in [-0.15, -0.1) is 0 Å². The van der Waals surface area contributed by atoms with Crippen LogP contribution in [0, 0.1) is 0 Å². The zero-order chi connectivity index (χ0) is 18.2. The molecule has 142 valence electrons. The first kappa shape index (κ1) is 19.9. The Hall–Kier alpha value is -0.400. The van der Waals surface area contributed by atoms with E-state index in [1.54, 1.807) is 6.92 Å². The Morgan fingerprint density at radius 3 is 2.08 bits per heavy atom. The first-order valence-corrected chi connectivity index (χ1v) is 7.88. The summed E-state index contributed by atoms with van der Waals surface area (Å²) in [5, 5.41) is 68.6. The highest BCUT2D eigenvalue weighted by atomic mass is 16.7. The molecule has 0 aliphatic carbocycles. The van der Waals surface area contributed by atoms with Crippen molar-refractivity contribution in [2.45, 2.75) is 81.2 Å². The van der Waals surface area contributed by atoms with E-state index in [1.807, 2.05) is 0 Å². The van der Waals surface area contributed by atoms with Crippen LogP contribution in [0.1, 0.15) is 20.3 Å². The van der Waals surface area contributed by atoms with Gasteiger partial charge >= 0.3 is 0 Å². The molecule has 0 amide bonds. The molecule has 0 spiro atoms. The summed E-state index contributed by atoms with van der Waals surface area (Å²) in [6.45, 7) is 2.71. The first-order chi connectivity index (χ1) is 11.1. The van der Waals surface area contributed by atoms with E-state index in [1.165, 1.54) is 6.92 Å². The van der Waals surface area contributed by atoms with Gasteiger partial charge in [-0.2, -0.15) is 0 Å². The summed E-state index contributed by atoms with van der Waals surface area (Å²) in [4.78, 5) is 0. The Morgan fingerprint density at radius 1 is 0.875 bits per heavy atom. The van der Waals surface area contributed by atoms with Gasteiger partial charge in [0.2, 0.25) is 5.79 Å². The van der Waals surface area contributed by atoms with Gasteiger partial charge in [0.15, 0.2) is 6.29 Å². The molecule has 24 heavy (non-hydrogen) atoms. The van der Waals surface area contributed by atoms with Gasteiger partial charge in [-0.25, -0.2) is 0 Å². The summed E-state index contributed by atoms with van der Waals surface area (Å²) in [5.74, 6) is -2.78. The predicted molar refractivity (Wildman–Crippen MR) is 76.4 cm³/mol. The summed E-state index contributed by atoms with van der Waals surface area (Å²) in [5.41, 5.74) is 0.